The van der Waals surface area contributed by atoms with Gasteiger partial charge in [-0.2, -0.15) is 0 Å². The summed E-state index contributed by atoms with van der Waals surface area (Å²) in [5.41, 5.74) is 5.08. The molecule has 0 bridgehead atoms. The van der Waals surface area contributed by atoms with Gasteiger partial charge in [0.05, 0.1) is 11.4 Å². The molecule has 0 spiro atoms. The molecule has 3 aromatic rings. The second-order valence-electron chi connectivity index (χ2n) is 7.23. The van der Waals surface area contributed by atoms with Gasteiger partial charge in [-0.15, -0.1) is 0 Å². The number of imidazole rings is 1. The van der Waals surface area contributed by atoms with Gasteiger partial charge in [0.15, 0.2) is 0 Å². The van der Waals surface area contributed by atoms with Crippen LogP contribution in [0.25, 0.3) is 5.69 Å². The zero-order valence-corrected chi connectivity index (χ0v) is 15.1. The fourth-order valence-electron chi connectivity index (χ4n) is 4.26. The van der Waals surface area contributed by atoms with Gasteiger partial charge < -0.3 is 10.0 Å². The van der Waals surface area contributed by atoms with Crippen molar-refractivity contribution in [2.24, 2.45) is 0 Å². The van der Waals surface area contributed by atoms with Gasteiger partial charge in [0.25, 0.3) is 5.91 Å². The quantitative estimate of drug-likeness (QED) is 0.760. The summed E-state index contributed by atoms with van der Waals surface area (Å²) in [4.78, 5) is 20.1. The van der Waals surface area contributed by atoms with Gasteiger partial charge in [0.1, 0.15) is 5.75 Å². The van der Waals surface area contributed by atoms with Crippen molar-refractivity contribution in [1.82, 2.24) is 9.55 Å². The summed E-state index contributed by atoms with van der Waals surface area (Å²) < 4.78 is 1.96. The lowest BCUT2D eigenvalue weighted by Crippen LogP contribution is -2.31. The standard InChI is InChI=1S/C22H21N3O2/c26-17-8-5-7-16(14-17)25-20-11-4-2-9-18(20)23-21(25)22(27)24-13-12-15-6-1-3-10-19(15)24/h1,3,5-8,10,14,26H,2,4,9,11-13H2. The number of phenols is 1. The highest BCUT2D eigenvalue weighted by Crippen LogP contribution is 2.32. The van der Waals surface area contributed by atoms with Crippen LogP contribution in [0.5, 0.6) is 5.75 Å². The zero-order chi connectivity index (χ0) is 18.4. The number of para-hydroxylation sites is 1. The number of aromatic nitrogens is 2. The molecule has 0 saturated carbocycles. The minimum Gasteiger partial charge on any atom is -0.508 e. The minimum atomic E-state index is -0.0716. The first kappa shape index (κ1) is 16.1. The number of nitrogens with zero attached hydrogens (tertiary/aromatic N) is 3. The van der Waals surface area contributed by atoms with Crippen LogP contribution in [0.4, 0.5) is 5.69 Å². The first-order valence-corrected chi connectivity index (χ1v) is 9.52. The second-order valence-corrected chi connectivity index (χ2v) is 7.23. The smallest absolute Gasteiger partial charge is 0.294 e. The number of anilines is 1. The average molecular weight is 359 g/mol. The van der Waals surface area contributed by atoms with E-state index in [-0.39, 0.29) is 11.7 Å². The van der Waals surface area contributed by atoms with Crippen LogP contribution < -0.4 is 4.90 Å². The Bertz CT molecular complexity index is 1040. The molecule has 5 rings (SSSR count). The molecule has 27 heavy (non-hydrogen) atoms. The molecule has 1 aliphatic heterocycles. The Hall–Kier alpha value is -3.08. The molecule has 1 amide bonds. The van der Waals surface area contributed by atoms with Crippen molar-refractivity contribution in [3.8, 4) is 11.4 Å². The van der Waals surface area contributed by atoms with Gasteiger partial charge in [-0.25, -0.2) is 4.98 Å². The van der Waals surface area contributed by atoms with Crippen molar-refractivity contribution >= 4 is 11.6 Å². The van der Waals surface area contributed by atoms with Crippen molar-refractivity contribution in [2.45, 2.75) is 32.1 Å². The van der Waals surface area contributed by atoms with Gasteiger partial charge >= 0.3 is 0 Å². The van der Waals surface area contributed by atoms with Gasteiger partial charge in [-0.1, -0.05) is 24.3 Å². The molecule has 2 heterocycles. The third-order valence-corrected chi connectivity index (χ3v) is 5.54. The number of carbonyl (C=O) groups excluding carboxylic acids is 1. The maximum absolute atomic E-state index is 13.5. The lowest BCUT2D eigenvalue weighted by molar-refractivity contribution is 0.0977. The SMILES string of the molecule is O=C(c1nc2c(n1-c1cccc(O)c1)CCCC2)N1CCc2ccccc21. The van der Waals surface area contributed by atoms with E-state index >= 15 is 0 Å². The maximum atomic E-state index is 13.5. The minimum absolute atomic E-state index is 0.0716. The van der Waals surface area contributed by atoms with E-state index < -0.39 is 0 Å². The predicted octanol–water partition coefficient (Wildman–Crippen LogP) is 3.66. The number of aryl methyl sites for hydroxylation is 1. The van der Waals surface area contributed by atoms with Crippen LogP contribution in [0.3, 0.4) is 0 Å². The van der Waals surface area contributed by atoms with E-state index in [0.717, 1.165) is 54.9 Å². The molecule has 0 radical (unpaired) electrons. The third-order valence-electron chi connectivity index (χ3n) is 5.54. The molecule has 0 atom stereocenters. The van der Waals surface area contributed by atoms with E-state index in [4.69, 9.17) is 4.98 Å². The molecule has 1 aliphatic carbocycles. The number of rotatable bonds is 2. The Labute approximate surface area is 157 Å². The monoisotopic (exact) mass is 359 g/mol. The van der Waals surface area contributed by atoms with E-state index in [9.17, 15) is 9.90 Å². The number of hydrogen-bond donors (Lipinski definition) is 1. The fourth-order valence-corrected chi connectivity index (χ4v) is 4.26. The van der Waals surface area contributed by atoms with Crippen LogP contribution in [0.15, 0.2) is 48.5 Å². The summed E-state index contributed by atoms with van der Waals surface area (Å²) in [6, 6.07) is 15.1. The predicted molar refractivity (Wildman–Crippen MR) is 104 cm³/mol. The molecule has 136 valence electrons. The second kappa shape index (κ2) is 6.27. The Balaban J connectivity index is 1.64. The first-order valence-electron chi connectivity index (χ1n) is 9.52. The van der Waals surface area contributed by atoms with Crippen LogP contribution in [-0.2, 0) is 19.3 Å². The number of carbonyl (C=O) groups is 1. The van der Waals surface area contributed by atoms with Gasteiger partial charge in [-0.3, -0.25) is 9.36 Å². The fraction of sp³-hybridized carbons (Fsp3) is 0.273. The number of aromatic hydroxyl groups is 1. The molecule has 5 nitrogen and oxygen atoms in total. The van der Waals surface area contributed by atoms with Crippen molar-refractivity contribution in [3.05, 3.63) is 71.3 Å². The van der Waals surface area contributed by atoms with Gasteiger partial charge in [0.2, 0.25) is 5.82 Å². The largest absolute Gasteiger partial charge is 0.508 e. The van der Waals surface area contributed by atoms with Crippen LogP contribution in [-0.4, -0.2) is 27.1 Å². The van der Waals surface area contributed by atoms with E-state index in [0.29, 0.717) is 12.4 Å². The van der Waals surface area contributed by atoms with E-state index in [1.54, 1.807) is 18.2 Å². The molecular formula is C22H21N3O2. The number of amides is 1. The molecule has 2 aromatic carbocycles. The lowest BCUT2D eigenvalue weighted by Gasteiger charge is -2.19. The highest BCUT2D eigenvalue weighted by molar-refractivity contribution is 6.05. The number of phenolic OH excluding ortho intramolecular Hbond substituents is 1. The zero-order valence-electron chi connectivity index (χ0n) is 15.1. The Kier molecular flexibility index (Phi) is 3.74. The highest BCUT2D eigenvalue weighted by Gasteiger charge is 2.31. The summed E-state index contributed by atoms with van der Waals surface area (Å²) in [5.74, 6) is 0.567. The van der Waals surface area contributed by atoms with Crippen molar-refractivity contribution in [3.63, 3.8) is 0 Å². The van der Waals surface area contributed by atoms with Crippen molar-refractivity contribution in [2.75, 3.05) is 11.4 Å². The van der Waals surface area contributed by atoms with E-state index in [1.807, 2.05) is 33.7 Å². The molecular weight excluding hydrogens is 338 g/mol. The van der Waals surface area contributed by atoms with Crippen LogP contribution >= 0.6 is 0 Å². The van der Waals surface area contributed by atoms with Gasteiger partial charge in [-0.05, 0) is 55.9 Å². The normalized spacial score (nSPS) is 15.5. The third kappa shape index (κ3) is 2.62. The highest BCUT2D eigenvalue weighted by atomic mass is 16.3. The molecule has 2 aliphatic rings. The van der Waals surface area contributed by atoms with E-state index in [2.05, 4.69) is 6.07 Å². The van der Waals surface area contributed by atoms with Crippen molar-refractivity contribution in [1.29, 1.82) is 0 Å². The Morgan fingerprint density at radius 3 is 2.74 bits per heavy atom. The average Bonchev–Trinajstić information content (AvgIpc) is 3.29. The summed E-state index contributed by atoms with van der Waals surface area (Å²) in [6.45, 7) is 0.676. The number of benzene rings is 2. The summed E-state index contributed by atoms with van der Waals surface area (Å²) >= 11 is 0. The van der Waals surface area contributed by atoms with Gasteiger partial charge in [0, 0.05) is 24.0 Å². The summed E-state index contributed by atoms with van der Waals surface area (Å²) in [5, 5.41) is 9.96. The lowest BCUT2D eigenvalue weighted by atomic mass is 10.0. The molecule has 0 unspecified atom stereocenters. The molecule has 0 fully saturated rings. The first-order chi connectivity index (χ1) is 13.2. The van der Waals surface area contributed by atoms with Crippen molar-refractivity contribution < 1.29 is 9.90 Å². The number of fused-ring (bicyclic) bond motifs is 2. The molecule has 1 N–H and O–H groups in total. The van der Waals surface area contributed by atoms with Crippen LogP contribution in [0.2, 0.25) is 0 Å². The molecule has 5 heteroatoms. The topological polar surface area (TPSA) is 58.4 Å². The molecule has 0 saturated heterocycles. The molecule has 1 aromatic heterocycles. The summed E-state index contributed by atoms with van der Waals surface area (Å²) in [6.07, 6.45) is 4.87. The Morgan fingerprint density at radius 2 is 1.85 bits per heavy atom. The maximum Gasteiger partial charge on any atom is 0.294 e. The van der Waals surface area contributed by atoms with Crippen LogP contribution in [0, 0.1) is 0 Å². The Morgan fingerprint density at radius 1 is 1.00 bits per heavy atom. The summed E-state index contributed by atoms with van der Waals surface area (Å²) in [7, 11) is 0. The number of hydrogen-bond acceptors (Lipinski definition) is 3. The van der Waals surface area contributed by atoms with E-state index in [1.165, 1.54) is 5.56 Å². The van der Waals surface area contributed by atoms with Crippen LogP contribution in [0.1, 0.15) is 40.4 Å².